The van der Waals surface area contributed by atoms with Crippen molar-refractivity contribution >= 4 is 19.2 Å². The van der Waals surface area contributed by atoms with Crippen LogP contribution in [-0.2, 0) is 4.57 Å². The zero-order chi connectivity index (χ0) is 18.4. The topological polar surface area (TPSA) is 64.6 Å². The van der Waals surface area contributed by atoms with Crippen LogP contribution in [0.1, 0.15) is 17.3 Å². The number of anilines is 1. The minimum Gasteiger partial charge on any atom is -0.400 e. The van der Waals surface area contributed by atoms with Crippen LogP contribution in [0, 0.1) is 0 Å². The molecule has 0 bridgehead atoms. The van der Waals surface area contributed by atoms with E-state index in [-0.39, 0.29) is 5.78 Å². The Morgan fingerprint density at radius 3 is 1.65 bits per heavy atom. The normalized spacial score (nSPS) is 10.8. The minimum atomic E-state index is -3.76. The van der Waals surface area contributed by atoms with Crippen LogP contribution in [0.3, 0.4) is 0 Å². The Kier molecular flexibility index (Phi) is 5.40. The van der Waals surface area contributed by atoms with E-state index in [0.717, 1.165) is 0 Å². The first-order valence-electron chi connectivity index (χ1n) is 8.03. The molecular formula is C20H18NO4P. The number of rotatable bonds is 7. The molecule has 0 atom stereocenters. The van der Waals surface area contributed by atoms with Crippen molar-refractivity contribution in [2.45, 2.75) is 6.92 Å². The Hall–Kier alpha value is -3.04. The van der Waals surface area contributed by atoms with Gasteiger partial charge >= 0.3 is 7.75 Å². The van der Waals surface area contributed by atoms with Crippen LogP contribution in [0.5, 0.6) is 11.5 Å². The van der Waals surface area contributed by atoms with Crippen molar-refractivity contribution in [1.29, 1.82) is 0 Å². The first-order chi connectivity index (χ1) is 12.5. The van der Waals surface area contributed by atoms with Crippen molar-refractivity contribution in [1.82, 2.24) is 0 Å². The molecule has 0 spiro atoms. The summed E-state index contributed by atoms with van der Waals surface area (Å²) in [5.41, 5.74) is 1.09. The number of nitrogens with one attached hydrogen (secondary N) is 1. The summed E-state index contributed by atoms with van der Waals surface area (Å²) in [5.74, 6) is 0.792. The number of ketones is 1. The lowest BCUT2D eigenvalue weighted by molar-refractivity contribution is 0.101. The molecule has 5 nitrogen and oxygen atoms in total. The van der Waals surface area contributed by atoms with Crippen LogP contribution in [0.25, 0.3) is 0 Å². The molecule has 132 valence electrons. The Morgan fingerprint density at radius 1 is 0.769 bits per heavy atom. The third-order valence-electron chi connectivity index (χ3n) is 3.50. The molecule has 1 N–H and O–H groups in total. The average molecular weight is 367 g/mol. The standard InChI is InChI=1S/C20H18NO4P/c1-16(22)17-12-14-18(15-13-17)21-26(23,24-19-8-4-2-5-9-19)25-20-10-6-3-7-11-20/h2-15H,1H3,(H,21,23). The molecule has 0 aliphatic rings. The molecule has 3 rings (SSSR count). The van der Waals surface area contributed by atoms with Gasteiger partial charge < -0.3 is 9.05 Å². The molecular weight excluding hydrogens is 349 g/mol. The maximum atomic E-state index is 13.3. The van der Waals surface area contributed by atoms with Gasteiger partial charge in [0, 0.05) is 11.3 Å². The summed E-state index contributed by atoms with van der Waals surface area (Å²) in [6, 6.07) is 24.2. The molecule has 0 aliphatic carbocycles. The fraction of sp³-hybridized carbons (Fsp3) is 0.0500. The summed E-state index contributed by atoms with van der Waals surface area (Å²) in [5, 5.41) is 2.82. The van der Waals surface area contributed by atoms with Gasteiger partial charge in [-0.15, -0.1) is 0 Å². The Morgan fingerprint density at radius 2 is 1.23 bits per heavy atom. The summed E-state index contributed by atoms with van der Waals surface area (Å²) in [7, 11) is -3.76. The summed E-state index contributed by atoms with van der Waals surface area (Å²) in [4.78, 5) is 11.4. The van der Waals surface area contributed by atoms with Gasteiger partial charge in [0.15, 0.2) is 5.78 Å². The van der Waals surface area contributed by atoms with E-state index in [4.69, 9.17) is 9.05 Å². The van der Waals surface area contributed by atoms with E-state index in [9.17, 15) is 9.36 Å². The Balaban J connectivity index is 1.86. The molecule has 0 saturated heterocycles. The van der Waals surface area contributed by atoms with Crippen LogP contribution in [0.2, 0.25) is 0 Å². The zero-order valence-electron chi connectivity index (χ0n) is 14.2. The van der Waals surface area contributed by atoms with Gasteiger partial charge in [-0.05, 0) is 55.5 Å². The van der Waals surface area contributed by atoms with Crippen molar-refractivity contribution in [3.8, 4) is 11.5 Å². The highest BCUT2D eigenvalue weighted by Gasteiger charge is 2.29. The number of hydrogen-bond acceptors (Lipinski definition) is 4. The van der Waals surface area contributed by atoms with Gasteiger partial charge in [-0.2, -0.15) is 0 Å². The Bertz CT molecular complexity index is 866. The number of carbonyl (C=O) groups is 1. The smallest absolute Gasteiger partial charge is 0.400 e. The molecule has 0 saturated carbocycles. The lowest BCUT2D eigenvalue weighted by Crippen LogP contribution is -2.10. The lowest BCUT2D eigenvalue weighted by Gasteiger charge is -2.21. The van der Waals surface area contributed by atoms with Crippen LogP contribution in [-0.4, -0.2) is 5.78 Å². The molecule has 0 heterocycles. The molecule has 0 aliphatic heterocycles. The first kappa shape index (κ1) is 17.8. The van der Waals surface area contributed by atoms with Crippen molar-refractivity contribution in [2.75, 3.05) is 5.09 Å². The summed E-state index contributed by atoms with van der Waals surface area (Å²) >= 11 is 0. The molecule has 3 aromatic rings. The second-order valence-electron chi connectivity index (χ2n) is 5.55. The summed E-state index contributed by atoms with van der Waals surface area (Å²) in [6.45, 7) is 1.49. The summed E-state index contributed by atoms with van der Waals surface area (Å²) in [6.07, 6.45) is 0. The van der Waals surface area contributed by atoms with Gasteiger partial charge in [0.2, 0.25) is 0 Å². The quantitative estimate of drug-likeness (QED) is 0.437. The van der Waals surface area contributed by atoms with Crippen LogP contribution in [0.15, 0.2) is 84.9 Å². The average Bonchev–Trinajstić information content (AvgIpc) is 2.63. The van der Waals surface area contributed by atoms with E-state index >= 15 is 0 Å². The monoisotopic (exact) mass is 367 g/mol. The molecule has 0 aromatic heterocycles. The van der Waals surface area contributed by atoms with Crippen molar-refractivity contribution in [2.24, 2.45) is 0 Å². The number of para-hydroxylation sites is 2. The predicted octanol–water partition coefficient (Wildman–Crippen LogP) is 5.57. The van der Waals surface area contributed by atoms with Gasteiger partial charge in [-0.3, -0.25) is 9.88 Å². The number of hydrogen-bond donors (Lipinski definition) is 1. The van der Waals surface area contributed by atoms with E-state index in [0.29, 0.717) is 22.7 Å². The van der Waals surface area contributed by atoms with Gasteiger partial charge in [-0.25, -0.2) is 4.57 Å². The van der Waals surface area contributed by atoms with Gasteiger partial charge in [0.25, 0.3) is 0 Å². The molecule has 3 aromatic carbocycles. The van der Waals surface area contributed by atoms with Crippen molar-refractivity contribution < 1.29 is 18.4 Å². The van der Waals surface area contributed by atoms with E-state index in [1.165, 1.54) is 6.92 Å². The molecule has 0 fully saturated rings. The minimum absolute atomic E-state index is 0.0409. The van der Waals surface area contributed by atoms with E-state index in [1.54, 1.807) is 72.8 Å². The van der Waals surface area contributed by atoms with Crippen molar-refractivity contribution in [3.05, 3.63) is 90.5 Å². The highest BCUT2D eigenvalue weighted by Crippen LogP contribution is 2.48. The fourth-order valence-electron chi connectivity index (χ4n) is 2.24. The van der Waals surface area contributed by atoms with Gasteiger partial charge in [0.1, 0.15) is 11.5 Å². The molecule has 0 amide bonds. The first-order valence-corrected chi connectivity index (χ1v) is 9.57. The number of carbonyl (C=O) groups excluding carboxylic acids is 1. The third kappa shape index (κ3) is 4.74. The maximum absolute atomic E-state index is 13.3. The zero-order valence-corrected chi connectivity index (χ0v) is 15.1. The predicted molar refractivity (Wildman–Crippen MR) is 102 cm³/mol. The van der Waals surface area contributed by atoms with Gasteiger partial charge in [-0.1, -0.05) is 36.4 Å². The van der Waals surface area contributed by atoms with Crippen LogP contribution >= 0.6 is 7.75 Å². The van der Waals surface area contributed by atoms with Crippen LogP contribution < -0.4 is 14.1 Å². The third-order valence-corrected chi connectivity index (χ3v) is 4.93. The fourth-order valence-corrected chi connectivity index (χ4v) is 3.63. The Labute approximate surface area is 152 Å². The number of Topliss-reactive ketones (excluding diaryl/α,β-unsaturated/α-hetero) is 1. The summed E-state index contributed by atoms with van der Waals surface area (Å²) < 4.78 is 24.6. The van der Waals surface area contributed by atoms with E-state index in [1.807, 2.05) is 12.1 Å². The largest absolute Gasteiger partial charge is 0.541 e. The second kappa shape index (κ2) is 7.89. The molecule has 26 heavy (non-hydrogen) atoms. The molecule has 0 unspecified atom stereocenters. The van der Waals surface area contributed by atoms with Gasteiger partial charge in [0.05, 0.1) is 0 Å². The SMILES string of the molecule is CC(=O)c1ccc(NP(=O)(Oc2ccccc2)Oc2ccccc2)cc1. The lowest BCUT2D eigenvalue weighted by atomic mass is 10.1. The van der Waals surface area contributed by atoms with Crippen molar-refractivity contribution in [3.63, 3.8) is 0 Å². The second-order valence-corrected chi connectivity index (χ2v) is 7.14. The number of benzene rings is 3. The molecule has 0 radical (unpaired) electrons. The van der Waals surface area contributed by atoms with Crippen LogP contribution in [0.4, 0.5) is 5.69 Å². The van der Waals surface area contributed by atoms with E-state index < -0.39 is 7.75 Å². The molecule has 6 heteroatoms. The highest BCUT2D eigenvalue weighted by molar-refractivity contribution is 7.56. The maximum Gasteiger partial charge on any atom is 0.541 e. The highest BCUT2D eigenvalue weighted by atomic mass is 31.2. The van der Waals surface area contributed by atoms with E-state index in [2.05, 4.69) is 5.09 Å².